The van der Waals surface area contributed by atoms with Crippen LogP contribution in [0.1, 0.15) is 27.6 Å². The molecule has 0 spiro atoms. The van der Waals surface area contributed by atoms with Crippen molar-refractivity contribution in [1.29, 1.82) is 0 Å². The minimum Gasteiger partial charge on any atom is -0.207 e. The Bertz CT molecular complexity index is 808. The van der Waals surface area contributed by atoms with Gasteiger partial charge in [0.05, 0.1) is 5.38 Å². The van der Waals surface area contributed by atoms with Crippen molar-refractivity contribution in [3.8, 4) is 0 Å². The standard InChI is InChI=1S/C19H16ClF/c1-12-7-10-15(11-17(12)21)19(20)18-13(2)8-9-14-5-3-4-6-16(14)18/h3-11,19H,1-2H3. The molecule has 3 aromatic rings. The van der Waals surface area contributed by atoms with Crippen LogP contribution >= 0.6 is 11.6 Å². The minimum absolute atomic E-state index is 0.212. The molecular weight excluding hydrogens is 283 g/mol. The second-order valence-corrected chi connectivity index (χ2v) is 5.82. The summed E-state index contributed by atoms with van der Waals surface area (Å²) in [6.45, 7) is 3.80. The number of hydrogen-bond acceptors (Lipinski definition) is 0. The lowest BCUT2D eigenvalue weighted by Gasteiger charge is -2.17. The fourth-order valence-corrected chi connectivity index (χ4v) is 3.10. The first-order chi connectivity index (χ1) is 10.1. The first kappa shape index (κ1) is 14.1. The van der Waals surface area contributed by atoms with E-state index in [1.165, 1.54) is 6.07 Å². The van der Waals surface area contributed by atoms with Gasteiger partial charge >= 0.3 is 0 Å². The van der Waals surface area contributed by atoms with Crippen LogP contribution in [0.5, 0.6) is 0 Å². The molecule has 0 aliphatic carbocycles. The Balaban J connectivity index is 2.19. The summed E-state index contributed by atoms with van der Waals surface area (Å²) in [4.78, 5) is 0. The molecule has 0 amide bonds. The molecule has 0 aliphatic rings. The maximum absolute atomic E-state index is 13.8. The Kier molecular flexibility index (Phi) is 3.69. The molecule has 3 rings (SSSR count). The largest absolute Gasteiger partial charge is 0.207 e. The fraction of sp³-hybridized carbons (Fsp3) is 0.158. The molecule has 0 aromatic heterocycles. The SMILES string of the molecule is Cc1ccc(C(Cl)c2c(C)ccc3ccccc23)cc1F. The van der Waals surface area contributed by atoms with Gasteiger partial charge in [0.1, 0.15) is 5.82 Å². The van der Waals surface area contributed by atoms with E-state index in [1.807, 2.05) is 25.1 Å². The van der Waals surface area contributed by atoms with Crippen molar-refractivity contribution >= 4 is 22.4 Å². The third-order valence-corrected chi connectivity index (χ3v) is 4.40. The monoisotopic (exact) mass is 298 g/mol. The van der Waals surface area contributed by atoms with E-state index in [2.05, 4.69) is 24.3 Å². The van der Waals surface area contributed by atoms with Gasteiger partial charge in [-0.1, -0.05) is 48.5 Å². The maximum atomic E-state index is 13.8. The van der Waals surface area contributed by atoms with Crippen molar-refractivity contribution in [3.63, 3.8) is 0 Å². The Hall–Kier alpha value is -1.86. The molecule has 0 radical (unpaired) electrons. The Morgan fingerprint density at radius 1 is 0.905 bits per heavy atom. The summed E-state index contributed by atoms with van der Waals surface area (Å²) in [6, 6.07) is 17.5. The van der Waals surface area contributed by atoms with Crippen LogP contribution in [0, 0.1) is 19.7 Å². The summed E-state index contributed by atoms with van der Waals surface area (Å²) in [5.41, 5.74) is 3.60. The third kappa shape index (κ3) is 2.54. The average molecular weight is 299 g/mol. The maximum Gasteiger partial charge on any atom is 0.126 e. The van der Waals surface area contributed by atoms with Crippen LogP contribution in [-0.4, -0.2) is 0 Å². The zero-order valence-corrected chi connectivity index (χ0v) is 12.8. The lowest BCUT2D eigenvalue weighted by Crippen LogP contribution is -1.99. The molecule has 1 unspecified atom stereocenters. The Labute approximate surface area is 129 Å². The molecule has 0 N–H and O–H groups in total. The van der Waals surface area contributed by atoms with Gasteiger partial charge in [-0.25, -0.2) is 4.39 Å². The highest BCUT2D eigenvalue weighted by Gasteiger charge is 2.17. The van der Waals surface area contributed by atoms with Crippen molar-refractivity contribution in [2.24, 2.45) is 0 Å². The molecule has 106 valence electrons. The zero-order chi connectivity index (χ0) is 15.0. The highest BCUT2D eigenvalue weighted by Crippen LogP contribution is 2.36. The summed E-state index contributed by atoms with van der Waals surface area (Å²) in [6.07, 6.45) is 0. The molecule has 0 aliphatic heterocycles. The molecule has 0 saturated carbocycles. The van der Waals surface area contributed by atoms with Gasteiger partial charge in [-0.05, 0) is 52.9 Å². The van der Waals surface area contributed by atoms with Gasteiger partial charge < -0.3 is 0 Å². The van der Waals surface area contributed by atoms with Gasteiger partial charge in [0.15, 0.2) is 0 Å². The summed E-state index contributed by atoms with van der Waals surface area (Å²) in [7, 11) is 0. The van der Waals surface area contributed by atoms with Crippen molar-refractivity contribution < 1.29 is 4.39 Å². The highest BCUT2D eigenvalue weighted by atomic mass is 35.5. The molecule has 21 heavy (non-hydrogen) atoms. The first-order valence-corrected chi connectivity index (χ1v) is 7.40. The normalized spacial score (nSPS) is 12.6. The molecular formula is C19H16ClF. The number of rotatable bonds is 2. The number of halogens is 2. The third-order valence-electron chi connectivity index (χ3n) is 3.93. The predicted molar refractivity (Wildman–Crippen MR) is 87.5 cm³/mol. The quantitative estimate of drug-likeness (QED) is 0.515. The molecule has 1 atom stereocenters. The van der Waals surface area contributed by atoms with E-state index in [0.717, 1.165) is 27.5 Å². The van der Waals surface area contributed by atoms with E-state index < -0.39 is 0 Å². The lowest BCUT2D eigenvalue weighted by atomic mass is 9.93. The van der Waals surface area contributed by atoms with Crippen molar-refractivity contribution in [2.45, 2.75) is 19.2 Å². The van der Waals surface area contributed by atoms with Crippen LogP contribution in [-0.2, 0) is 0 Å². The summed E-state index contributed by atoms with van der Waals surface area (Å²) >= 11 is 6.67. The Morgan fingerprint density at radius 2 is 1.62 bits per heavy atom. The smallest absolute Gasteiger partial charge is 0.126 e. The van der Waals surface area contributed by atoms with E-state index >= 15 is 0 Å². The average Bonchev–Trinajstić information content (AvgIpc) is 2.49. The van der Waals surface area contributed by atoms with E-state index in [-0.39, 0.29) is 11.2 Å². The van der Waals surface area contributed by atoms with E-state index in [4.69, 9.17) is 11.6 Å². The lowest BCUT2D eigenvalue weighted by molar-refractivity contribution is 0.616. The number of fused-ring (bicyclic) bond motifs is 1. The highest BCUT2D eigenvalue weighted by molar-refractivity contribution is 6.23. The van der Waals surface area contributed by atoms with Crippen LogP contribution in [0.3, 0.4) is 0 Å². The van der Waals surface area contributed by atoms with Gasteiger partial charge in [-0.2, -0.15) is 0 Å². The fourth-order valence-electron chi connectivity index (χ4n) is 2.67. The molecule has 3 aromatic carbocycles. The van der Waals surface area contributed by atoms with E-state index in [0.29, 0.717) is 5.56 Å². The molecule has 0 fully saturated rings. The van der Waals surface area contributed by atoms with Crippen LogP contribution in [0.4, 0.5) is 4.39 Å². The molecule has 2 heteroatoms. The van der Waals surface area contributed by atoms with Crippen molar-refractivity contribution in [3.05, 3.63) is 82.7 Å². The second-order valence-electron chi connectivity index (χ2n) is 5.39. The molecule has 0 nitrogen and oxygen atoms in total. The van der Waals surface area contributed by atoms with Crippen molar-refractivity contribution in [1.82, 2.24) is 0 Å². The topological polar surface area (TPSA) is 0 Å². The number of benzene rings is 3. The number of aryl methyl sites for hydroxylation is 2. The molecule has 0 heterocycles. The molecule has 0 saturated heterocycles. The summed E-state index contributed by atoms with van der Waals surface area (Å²) < 4.78 is 13.8. The zero-order valence-electron chi connectivity index (χ0n) is 12.0. The molecule has 0 bridgehead atoms. The van der Waals surface area contributed by atoms with Crippen LogP contribution in [0.25, 0.3) is 10.8 Å². The Morgan fingerprint density at radius 3 is 2.38 bits per heavy atom. The first-order valence-electron chi connectivity index (χ1n) is 6.96. The van der Waals surface area contributed by atoms with Gasteiger partial charge in [-0.15, -0.1) is 11.6 Å². The second kappa shape index (κ2) is 5.50. The van der Waals surface area contributed by atoms with E-state index in [9.17, 15) is 4.39 Å². The van der Waals surface area contributed by atoms with Gasteiger partial charge in [0, 0.05) is 0 Å². The van der Waals surface area contributed by atoms with Crippen LogP contribution in [0.15, 0.2) is 54.6 Å². The minimum atomic E-state index is -0.355. The van der Waals surface area contributed by atoms with Crippen LogP contribution < -0.4 is 0 Å². The summed E-state index contributed by atoms with van der Waals surface area (Å²) in [5.74, 6) is -0.212. The number of alkyl halides is 1. The van der Waals surface area contributed by atoms with E-state index in [1.54, 1.807) is 13.0 Å². The van der Waals surface area contributed by atoms with Gasteiger partial charge in [0.2, 0.25) is 0 Å². The van der Waals surface area contributed by atoms with Crippen molar-refractivity contribution in [2.75, 3.05) is 0 Å². The van der Waals surface area contributed by atoms with Gasteiger partial charge in [-0.3, -0.25) is 0 Å². The van der Waals surface area contributed by atoms with Crippen LogP contribution in [0.2, 0.25) is 0 Å². The van der Waals surface area contributed by atoms with Gasteiger partial charge in [0.25, 0.3) is 0 Å². The summed E-state index contributed by atoms with van der Waals surface area (Å²) in [5, 5.41) is 1.92. The number of hydrogen-bond donors (Lipinski definition) is 0. The predicted octanol–water partition coefficient (Wildman–Crippen LogP) is 5.92.